The van der Waals surface area contributed by atoms with E-state index in [1.54, 1.807) is 7.11 Å². The molecule has 1 aliphatic rings. The number of carbonyl (C=O) groups is 1. The van der Waals surface area contributed by atoms with E-state index in [1.165, 1.54) is 10.4 Å². The van der Waals surface area contributed by atoms with Gasteiger partial charge in [0, 0.05) is 6.42 Å². The van der Waals surface area contributed by atoms with Crippen LogP contribution in [0.2, 0.25) is 5.04 Å². The first-order valence-corrected chi connectivity index (χ1v) is 14.7. The fourth-order valence-electron chi connectivity index (χ4n) is 5.47. The lowest BCUT2D eigenvalue weighted by atomic mass is 10.0. The van der Waals surface area contributed by atoms with E-state index >= 15 is 0 Å². The van der Waals surface area contributed by atoms with E-state index in [4.69, 9.17) is 13.9 Å². The lowest BCUT2D eigenvalue weighted by Gasteiger charge is -2.46. The highest BCUT2D eigenvalue weighted by Gasteiger charge is 2.54. The van der Waals surface area contributed by atoms with Gasteiger partial charge in [0.1, 0.15) is 11.5 Å². The average Bonchev–Trinajstić information content (AvgIpc) is 3.14. The summed E-state index contributed by atoms with van der Waals surface area (Å²) in [6.07, 6.45) is 0.332. The van der Waals surface area contributed by atoms with E-state index < -0.39 is 8.32 Å². The van der Waals surface area contributed by atoms with Crippen LogP contribution in [-0.4, -0.2) is 33.9 Å². The molecule has 5 heteroatoms. The summed E-state index contributed by atoms with van der Waals surface area (Å²) in [5.74, 6) is 0.908. The number of hydrogen-bond acceptors (Lipinski definition) is 4. The Morgan fingerprint density at radius 1 is 0.861 bits per heavy atom. The Labute approximate surface area is 216 Å². The van der Waals surface area contributed by atoms with E-state index in [2.05, 4.69) is 76.2 Å². The highest BCUT2D eigenvalue weighted by molar-refractivity contribution is 6.99. The van der Waals surface area contributed by atoms with E-state index in [0.29, 0.717) is 19.6 Å². The highest BCUT2D eigenvalue weighted by atomic mass is 28.4. The number of ketones is 1. The maximum atomic E-state index is 13.2. The van der Waals surface area contributed by atoms with Crippen LogP contribution in [0.15, 0.2) is 84.9 Å². The molecule has 4 nitrogen and oxygen atoms in total. The molecule has 0 spiro atoms. The van der Waals surface area contributed by atoms with Crippen LogP contribution in [-0.2, 0) is 20.6 Å². The second-order valence-electron chi connectivity index (χ2n) is 10.9. The van der Waals surface area contributed by atoms with Gasteiger partial charge >= 0.3 is 0 Å². The van der Waals surface area contributed by atoms with Gasteiger partial charge in [-0.3, -0.25) is 4.79 Å². The maximum absolute atomic E-state index is 13.2. The van der Waals surface area contributed by atoms with Crippen molar-refractivity contribution in [3.05, 3.63) is 90.5 Å². The molecule has 3 atom stereocenters. The quantitative estimate of drug-likeness (QED) is 0.369. The Morgan fingerprint density at radius 2 is 1.42 bits per heavy atom. The van der Waals surface area contributed by atoms with Crippen molar-refractivity contribution >= 4 is 24.5 Å². The molecule has 3 aromatic rings. The van der Waals surface area contributed by atoms with Crippen molar-refractivity contribution in [3.63, 3.8) is 0 Å². The van der Waals surface area contributed by atoms with E-state index in [1.807, 2.05) is 36.4 Å². The summed E-state index contributed by atoms with van der Waals surface area (Å²) in [6, 6.07) is 29.1. The van der Waals surface area contributed by atoms with Gasteiger partial charge in [-0.25, -0.2) is 0 Å². The zero-order valence-electron chi connectivity index (χ0n) is 22.1. The number of methoxy groups -OCH3 is 1. The number of carbonyl (C=O) groups excluding carboxylic acids is 1. The molecule has 4 rings (SSSR count). The first-order chi connectivity index (χ1) is 17.3. The van der Waals surface area contributed by atoms with Gasteiger partial charge in [0.2, 0.25) is 0 Å². The van der Waals surface area contributed by atoms with Gasteiger partial charge in [-0.15, -0.1) is 0 Å². The summed E-state index contributed by atoms with van der Waals surface area (Å²) in [6.45, 7) is 9.78. The van der Waals surface area contributed by atoms with Crippen molar-refractivity contribution in [2.24, 2.45) is 11.8 Å². The smallest absolute Gasteiger partial charge is 0.261 e. The normalized spacial score (nSPS) is 20.5. The number of rotatable bonds is 9. The maximum Gasteiger partial charge on any atom is 0.261 e. The van der Waals surface area contributed by atoms with Gasteiger partial charge in [0.05, 0.1) is 32.3 Å². The monoisotopic (exact) mass is 502 g/mol. The molecule has 0 saturated heterocycles. The van der Waals surface area contributed by atoms with Crippen molar-refractivity contribution in [1.29, 1.82) is 0 Å². The first kappa shape index (κ1) is 26.3. The van der Waals surface area contributed by atoms with Crippen LogP contribution in [0.4, 0.5) is 0 Å². The lowest BCUT2D eigenvalue weighted by Crippen LogP contribution is -2.68. The van der Waals surface area contributed by atoms with Gasteiger partial charge in [-0.1, -0.05) is 100 Å². The number of benzene rings is 3. The fourth-order valence-corrected chi connectivity index (χ4v) is 10.3. The van der Waals surface area contributed by atoms with Crippen LogP contribution >= 0.6 is 0 Å². The number of ether oxygens (including phenoxy) is 2. The van der Waals surface area contributed by atoms with Crippen molar-refractivity contribution in [1.82, 2.24) is 0 Å². The van der Waals surface area contributed by atoms with Crippen LogP contribution in [0.3, 0.4) is 0 Å². The Morgan fingerprint density at radius 3 is 1.92 bits per heavy atom. The number of Topliss-reactive ketones (excluding diaryl/α,β-unsaturated/α-hetero) is 1. The van der Waals surface area contributed by atoms with Crippen LogP contribution in [0, 0.1) is 11.8 Å². The molecular weight excluding hydrogens is 464 g/mol. The molecule has 0 amide bonds. The van der Waals surface area contributed by atoms with E-state index in [9.17, 15) is 4.79 Å². The third kappa shape index (κ3) is 5.34. The molecular formula is C31H38O4Si. The summed E-state index contributed by atoms with van der Waals surface area (Å²) < 4.78 is 18.7. The molecule has 0 unspecified atom stereocenters. The SMILES string of the molecule is COc1ccc(COC[C@@H]2C(=O)C[C@H](C)[C@@H]2O[Si](c2ccccc2)(c2ccccc2)C(C)(C)C)cc1. The fraction of sp³-hybridized carbons (Fsp3) is 0.387. The Bertz CT molecular complexity index is 1080. The molecule has 0 heterocycles. The highest BCUT2D eigenvalue weighted by Crippen LogP contribution is 2.42. The Kier molecular flexibility index (Phi) is 8.13. The molecule has 0 aromatic heterocycles. The lowest BCUT2D eigenvalue weighted by molar-refractivity contribution is -0.124. The molecule has 0 bridgehead atoms. The third-order valence-electron chi connectivity index (χ3n) is 7.35. The van der Waals surface area contributed by atoms with Gasteiger partial charge in [-0.05, 0) is 39.0 Å². The predicted molar refractivity (Wildman–Crippen MR) is 147 cm³/mol. The van der Waals surface area contributed by atoms with Gasteiger partial charge in [0.15, 0.2) is 0 Å². The minimum absolute atomic E-state index is 0.133. The summed E-state index contributed by atoms with van der Waals surface area (Å²) in [5, 5.41) is 2.32. The van der Waals surface area contributed by atoms with Crippen LogP contribution in [0.5, 0.6) is 5.75 Å². The molecule has 36 heavy (non-hydrogen) atoms. The minimum Gasteiger partial charge on any atom is -0.497 e. The first-order valence-electron chi connectivity index (χ1n) is 12.8. The average molecular weight is 503 g/mol. The summed E-state index contributed by atoms with van der Waals surface area (Å²) in [4.78, 5) is 13.2. The van der Waals surface area contributed by atoms with Crippen LogP contribution in [0.25, 0.3) is 0 Å². The molecule has 1 saturated carbocycles. The molecule has 190 valence electrons. The van der Waals surface area contributed by atoms with Gasteiger partial charge < -0.3 is 13.9 Å². The van der Waals surface area contributed by atoms with Crippen molar-refractivity contribution in [2.75, 3.05) is 13.7 Å². The molecule has 1 fully saturated rings. The number of hydrogen-bond donors (Lipinski definition) is 0. The van der Waals surface area contributed by atoms with E-state index in [-0.39, 0.29) is 28.8 Å². The molecule has 1 aliphatic carbocycles. The summed E-state index contributed by atoms with van der Waals surface area (Å²) in [5.41, 5.74) is 1.05. The van der Waals surface area contributed by atoms with Crippen molar-refractivity contribution in [2.45, 2.75) is 51.9 Å². The second-order valence-corrected chi connectivity index (χ2v) is 15.1. The standard InChI is InChI=1S/C31H38O4Si/c1-23-20-29(32)28(22-34-21-24-16-18-25(33-5)19-17-24)30(23)35-36(31(2,3)4,26-12-8-6-9-13-26)27-14-10-7-11-15-27/h6-19,23,28,30H,20-22H2,1-5H3/t23-,28+,30-/m0/s1. The topological polar surface area (TPSA) is 44.8 Å². The third-order valence-corrected chi connectivity index (χ3v) is 12.4. The second kappa shape index (κ2) is 11.1. The molecule has 0 aliphatic heterocycles. The zero-order chi connectivity index (χ0) is 25.8. The van der Waals surface area contributed by atoms with Crippen molar-refractivity contribution < 1.29 is 18.7 Å². The Balaban J connectivity index is 1.63. The zero-order valence-corrected chi connectivity index (χ0v) is 23.1. The van der Waals surface area contributed by atoms with E-state index in [0.717, 1.165) is 11.3 Å². The summed E-state index contributed by atoms with van der Waals surface area (Å²) in [7, 11) is -1.11. The predicted octanol–water partition coefficient (Wildman–Crippen LogP) is 5.38. The van der Waals surface area contributed by atoms with Gasteiger partial charge in [-0.2, -0.15) is 0 Å². The van der Waals surface area contributed by atoms with Gasteiger partial charge in [0.25, 0.3) is 8.32 Å². The molecule has 0 radical (unpaired) electrons. The molecule has 3 aromatic carbocycles. The Hall–Kier alpha value is -2.73. The molecule has 0 N–H and O–H groups in total. The largest absolute Gasteiger partial charge is 0.497 e. The summed E-state index contributed by atoms with van der Waals surface area (Å²) >= 11 is 0. The minimum atomic E-state index is -2.76. The van der Waals surface area contributed by atoms with Crippen LogP contribution in [0.1, 0.15) is 39.7 Å². The van der Waals surface area contributed by atoms with Crippen molar-refractivity contribution in [3.8, 4) is 5.75 Å². The van der Waals surface area contributed by atoms with Crippen LogP contribution < -0.4 is 15.1 Å².